The molecule has 1 atom stereocenters. The van der Waals surface area contributed by atoms with Crippen molar-refractivity contribution >= 4 is 29.3 Å². The second kappa shape index (κ2) is 10.3. The summed E-state index contributed by atoms with van der Waals surface area (Å²) in [5.74, 6) is 1.91. The molecule has 1 saturated heterocycles. The van der Waals surface area contributed by atoms with E-state index >= 15 is 0 Å². The Morgan fingerprint density at radius 2 is 1.89 bits per heavy atom. The van der Waals surface area contributed by atoms with Gasteiger partial charge in [0, 0.05) is 36.9 Å². The Morgan fingerprint density at radius 3 is 2.59 bits per heavy atom. The number of nitrogens with zero attached hydrogens (tertiary/aromatic N) is 3. The summed E-state index contributed by atoms with van der Waals surface area (Å²) >= 11 is 1.25. The van der Waals surface area contributed by atoms with E-state index in [-0.39, 0.29) is 11.1 Å². The van der Waals surface area contributed by atoms with Crippen molar-refractivity contribution < 1.29 is 23.4 Å². The largest absolute Gasteiger partial charge is 0.497 e. The number of allylic oxidation sites excluding steroid dienone is 1. The fraction of sp³-hybridized carbons (Fsp3) is 0.370. The van der Waals surface area contributed by atoms with Gasteiger partial charge >= 0.3 is 5.97 Å². The van der Waals surface area contributed by atoms with Crippen LogP contribution in [0.25, 0.3) is 6.08 Å². The molecular weight excluding hydrogens is 494 g/mol. The van der Waals surface area contributed by atoms with Gasteiger partial charge in [0.2, 0.25) is 0 Å². The molecule has 0 spiro atoms. The monoisotopic (exact) mass is 523 g/mol. The number of aromatic nitrogens is 1. The number of piperidine rings is 1. The van der Waals surface area contributed by atoms with E-state index in [2.05, 4.69) is 9.89 Å². The van der Waals surface area contributed by atoms with Crippen LogP contribution < -0.4 is 29.3 Å². The Morgan fingerprint density at radius 1 is 1.11 bits per heavy atom. The molecule has 1 aromatic carbocycles. The van der Waals surface area contributed by atoms with Crippen molar-refractivity contribution in [2.75, 3.05) is 39.3 Å². The van der Waals surface area contributed by atoms with Crippen LogP contribution in [0.5, 0.6) is 11.5 Å². The third-order valence-corrected chi connectivity index (χ3v) is 7.70. The summed E-state index contributed by atoms with van der Waals surface area (Å²) in [6.07, 6.45) is 5.26. The fourth-order valence-electron chi connectivity index (χ4n) is 4.86. The van der Waals surface area contributed by atoms with Gasteiger partial charge in [0.05, 0.1) is 37.1 Å². The Balaban J connectivity index is 1.65. The van der Waals surface area contributed by atoms with Gasteiger partial charge in [0.1, 0.15) is 23.3 Å². The molecule has 2 aliphatic heterocycles. The van der Waals surface area contributed by atoms with E-state index in [0.29, 0.717) is 37.9 Å². The third kappa shape index (κ3) is 4.57. The Kier molecular flexibility index (Phi) is 6.92. The van der Waals surface area contributed by atoms with Crippen LogP contribution in [-0.4, -0.2) is 45.0 Å². The number of fused-ring (bicyclic) bond motifs is 1. The quantitative estimate of drug-likeness (QED) is 0.459. The van der Waals surface area contributed by atoms with Gasteiger partial charge in [-0.05, 0) is 44.4 Å². The van der Waals surface area contributed by atoms with Crippen LogP contribution in [0.4, 0.5) is 5.88 Å². The van der Waals surface area contributed by atoms with Gasteiger partial charge in [0.15, 0.2) is 10.7 Å². The van der Waals surface area contributed by atoms with E-state index in [1.165, 1.54) is 36.5 Å². The van der Waals surface area contributed by atoms with Crippen molar-refractivity contribution in [2.24, 2.45) is 4.99 Å². The summed E-state index contributed by atoms with van der Waals surface area (Å²) in [6.45, 7) is 3.67. The first kappa shape index (κ1) is 24.9. The smallest absolute Gasteiger partial charge is 0.338 e. The molecule has 2 aromatic heterocycles. The number of anilines is 1. The first-order valence-corrected chi connectivity index (χ1v) is 12.9. The number of thiazole rings is 1. The maximum absolute atomic E-state index is 13.8. The van der Waals surface area contributed by atoms with Crippen LogP contribution in [0, 0.1) is 0 Å². The Labute approximate surface area is 217 Å². The molecule has 0 bridgehead atoms. The molecule has 5 rings (SSSR count). The minimum Gasteiger partial charge on any atom is -0.497 e. The van der Waals surface area contributed by atoms with Gasteiger partial charge < -0.3 is 23.5 Å². The summed E-state index contributed by atoms with van der Waals surface area (Å²) in [7, 11) is 4.41. The highest BCUT2D eigenvalue weighted by Crippen LogP contribution is 2.37. The summed E-state index contributed by atoms with van der Waals surface area (Å²) in [5.41, 5.74) is 1.09. The van der Waals surface area contributed by atoms with Gasteiger partial charge in [0.25, 0.3) is 5.56 Å². The molecule has 0 radical (unpaired) electrons. The van der Waals surface area contributed by atoms with Gasteiger partial charge in [-0.3, -0.25) is 9.36 Å². The van der Waals surface area contributed by atoms with Crippen molar-refractivity contribution in [1.29, 1.82) is 0 Å². The average Bonchev–Trinajstić information content (AvgIpc) is 3.52. The maximum atomic E-state index is 13.8. The zero-order valence-corrected chi connectivity index (χ0v) is 22.1. The maximum Gasteiger partial charge on any atom is 0.338 e. The van der Waals surface area contributed by atoms with E-state index in [1.54, 1.807) is 38.3 Å². The number of rotatable bonds is 6. The van der Waals surface area contributed by atoms with E-state index < -0.39 is 12.0 Å². The molecule has 4 heterocycles. The van der Waals surface area contributed by atoms with Crippen molar-refractivity contribution in [2.45, 2.75) is 32.2 Å². The number of carbonyl (C=O) groups excluding carboxylic acids is 1. The molecule has 0 saturated carbocycles. The number of carbonyl (C=O) groups is 1. The van der Waals surface area contributed by atoms with Crippen LogP contribution in [-0.2, 0) is 9.53 Å². The zero-order chi connectivity index (χ0) is 26.1. The molecule has 9 nitrogen and oxygen atoms in total. The molecule has 37 heavy (non-hydrogen) atoms. The summed E-state index contributed by atoms with van der Waals surface area (Å²) in [5, 5.41) is 0. The van der Waals surface area contributed by atoms with Crippen molar-refractivity contribution in [3.05, 3.63) is 72.6 Å². The van der Waals surface area contributed by atoms with Crippen molar-refractivity contribution in [3.63, 3.8) is 0 Å². The predicted molar refractivity (Wildman–Crippen MR) is 140 cm³/mol. The van der Waals surface area contributed by atoms with E-state index in [0.717, 1.165) is 31.8 Å². The lowest BCUT2D eigenvalue weighted by atomic mass is 9.95. The summed E-state index contributed by atoms with van der Waals surface area (Å²) in [6, 6.07) is 8.31. The molecule has 3 aromatic rings. The zero-order valence-electron chi connectivity index (χ0n) is 21.3. The van der Waals surface area contributed by atoms with Crippen molar-refractivity contribution in [3.8, 4) is 11.5 Å². The van der Waals surface area contributed by atoms with Gasteiger partial charge in [-0.1, -0.05) is 11.3 Å². The van der Waals surface area contributed by atoms with E-state index in [9.17, 15) is 9.59 Å². The molecule has 194 valence electrons. The Hall–Kier alpha value is -3.79. The van der Waals surface area contributed by atoms with Crippen molar-refractivity contribution in [1.82, 2.24) is 4.57 Å². The van der Waals surface area contributed by atoms with E-state index in [4.69, 9.17) is 18.6 Å². The number of methoxy groups -OCH3 is 3. The topological polar surface area (TPSA) is 95.5 Å². The number of ether oxygens (including phenoxy) is 3. The number of esters is 1. The molecule has 10 heteroatoms. The van der Waals surface area contributed by atoms with Crippen LogP contribution in [0.1, 0.15) is 43.6 Å². The van der Waals surface area contributed by atoms with Crippen LogP contribution in [0.2, 0.25) is 0 Å². The number of benzene rings is 1. The first-order valence-electron chi connectivity index (χ1n) is 12.1. The molecule has 0 amide bonds. The molecule has 2 aliphatic rings. The Bertz CT molecular complexity index is 1540. The van der Waals surface area contributed by atoms with Crippen LogP contribution in [0.15, 0.2) is 55.8 Å². The highest BCUT2D eigenvalue weighted by molar-refractivity contribution is 7.07. The fourth-order valence-corrected chi connectivity index (χ4v) is 5.89. The number of furan rings is 1. The normalized spacial score (nSPS) is 17.9. The van der Waals surface area contributed by atoms with Crippen LogP contribution >= 0.6 is 11.3 Å². The highest BCUT2D eigenvalue weighted by Gasteiger charge is 2.35. The third-order valence-electron chi connectivity index (χ3n) is 6.72. The first-order chi connectivity index (χ1) is 17.9. The minimum absolute atomic E-state index is 0.273. The standard InChI is InChI=1S/C27H29N3O6S/c1-16-23(26(32)35-4)24(19-10-8-17(33-2)14-20(19)34-3)30-25(31)21(37-27(30)28-16)15-18-9-11-22(36-18)29-12-6-5-7-13-29/h8-11,14-15,24H,5-7,12-13H2,1-4H3/t24-/m1/s1. The second-order valence-electron chi connectivity index (χ2n) is 8.90. The summed E-state index contributed by atoms with van der Waals surface area (Å²) < 4.78 is 24.1. The SMILES string of the molecule is COC(=O)C1=C(C)N=c2sc(=Cc3ccc(N4CCCCC4)o3)c(=O)n2[C@@H]1c1ccc(OC)cc1OC. The molecule has 0 N–H and O–H groups in total. The van der Waals surface area contributed by atoms with Gasteiger partial charge in [-0.2, -0.15) is 0 Å². The lowest BCUT2D eigenvalue weighted by Gasteiger charge is -2.26. The number of hydrogen-bond acceptors (Lipinski definition) is 9. The lowest BCUT2D eigenvalue weighted by molar-refractivity contribution is -0.136. The molecule has 0 aliphatic carbocycles. The lowest BCUT2D eigenvalue weighted by Crippen LogP contribution is -2.40. The van der Waals surface area contributed by atoms with Gasteiger partial charge in [-0.15, -0.1) is 0 Å². The molecular formula is C27H29N3O6S. The minimum atomic E-state index is -0.785. The van der Waals surface area contributed by atoms with Gasteiger partial charge in [-0.25, -0.2) is 9.79 Å². The molecule has 1 fully saturated rings. The van der Waals surface area contributed by atoms with Crippen LogP contribution in [0.3, 0.4) is 0 Å². The highest BCUT2D eigenvalue weighted by atomic mass is 32.1. The number of hydrogen-bond donors (Lipinski definition) is 0. The molecule has 0 unspecified atom stereocenters. The second-order valence-corrected chi connectivity index (χ2v) is 9.91. The average molecular weight is 524 g/mol. The van der Waals surface area contributed by atoms with E-state index in [1.807, 2.05) is 12.1 Å². The predicted octanol–water partition coefficient (Wildman–Crippen LogP) is 3.01. The summed E-state index contributed by atoms with van der Waals surface area (Å²) in [4.78, 5) is 34.0.